The van der Waals surface area contributed by atoms with E-state index >= 15 is 0 Å². The number of H-pyrrole nitrogens is 2. The third-order valence-corrected chi connectivity index (χ3v) is 22.5. The van der Waals surface area contributed by atoms with Gasteiger partial charge >= 0.3 is 66.2 Å². The fourth-order valence-electron chi connectivity index (χ4n) is 10.4. The molecule has 7 aliphatic heterocycles. The SMILES string of the molecule is C.CC1=CC([C@H]2C=C[C@@H](COP(=O)(O)NC(C)C(=O)O)O2)C(=O)NC1=O.CO.CO.COC(=O)C(C)NP(=O)(OC[C@@H]1C=C[C@H](C2C=C(C)C(=O)NC2=O)O1)Oc1ccccc1.Cc1cn([C@H]2C=C[C@@H](COP(=O)(NC(C)C(=O)O)Oc3ccccc3)O2)c(=O)[nH]c1=O.Cc1cn([C@H]2C=C[C@@H](COP3(=O)NC(C)C(=O)O3)O2)c(=O)[nH]c1=O.[2HH].[B]. The summed E-state index contributed by atoms with van der Waals surface area (Å²) in [6.45, 7) is 10.9. The van der Waals surface area contributed by atoms with Gasteiger partial charge in [-0.3, -0.25) is 91.0 Å². The number of ether oxygens (including phenoxy) is 5. The first-order valence-corrected chi connectivity index (χ1v) is 41.0. The third-order valence-electron chi connectivity index (χ3n) is 16.4. The van der Waals surface area contributed by atoms with E-state index in [9.17, 15) is 80.7 Å². The number of nitrogens with one attached hydrogen (secondary N) is 8. The van der Waals surface area contributed by atoms with Gasteiger partial charge in [0.25, 0.3) is 22.9 Å². The number of nitrogens with zero attached hydrogens (tertiary/aromatic N) is 2. The second kappa shape index (κ2) is 46.1. The maximum absolute atomic E-state index is 13.3. The minimum absolute atomic E-state index is 0. The lowest BCUT2D eigenvalue weighted by Crippen LogP contribution is -2.44. The number of carbonyl (C=O) groups is 8. The molecule has 43 nitrogen and oxygen atoms in total. The summed E-state index contributed by atoms with van der Waals surface area (Å²) in [5.74, 6) is -6.49. The molecule has 647 valence electrons. The Hall–Kier alpha value is -9.62. The number of aryl methyl sites for hydroxylation is 2. The van der Waals surface area contributed by atoms with E-state index in [0.29, 0.717) is 22.3 Å². The predicted octanol–water partition coefficient (Wildman–Crippen LogP) is 2.83. The number of benzene rings is 2. The number of carboxylic acid groups (broad SMARTS) is 2. The van der Waals surface area contributed by atoms with Gasteiger partial charge in [0, 0.05) is 58.7 Å². The number of rotatable bonds is 29. The molecule has 118 heavy (non-hydrogen) atoms. The number of imide groups is 2. The number of carboxylic acids is 2. The molecule has 4 amide bonds. The highest BCUT2D eigenvalue weighted by Gasteiger charge is 2.44. The van der Waals surface area contributed by atoms with Crippen molar-refractivity contribution in [2.24, 2.45) is 11.8 Å². The van der Waals surface area contributed by atoms with E-state index in [1.807, 2.05) is 5.09 Å². The van der Waals surface area contributed by atoms with E-state index in [0.717, 1.165) is 14.2 Å². The van der Waals surface area contributed by atoms with E-state index < -0.39 is 186 Å². The first-order valence-electron chi connectivity index (χ1n) is 34.8. The lowest BCUT2D eigenvalue weighted by molar-refractivity contribution is -0.142. The summed E-state index contributed by atoms with van der Waals surface area (Å²) in [5.41, 5.74) is -0.659. The van der Waals surface area contributed by atoms with E-state index in [1.54, 1.807) is 143 Å². The van der Waals surface area contributed by atoms with Gasteiger partial charge in [0.05, 0.1) is 57.6 Å². The lowest BCUT2D eigenvalue weighted by Gasteiger charge is -2.25. The van der Waals surface area contributed by atoms with Crippen LogP contribution in [0.5, 0.6) is 11.5 Å². The highest BCUT2D eigenvalue weighted by molar-refractivity contribution is 7.53. The van der Waals surface area contributed by atoms with Crippen molar-refractivity contribution in [3.8, 4) is 11.5 Å². The second-order valence-electron chi connectivity index (χ2n) is 25.3. The van der Waals surface area contributed by atoms with Gasteiger partial charge in [-0.15, -0.1) is 0 Å². The van der Waals surface area contributed by atoms with Crippen LogP contribution in [0.1, 0.15) is 74.0 Å². The number of aliphatic carboxylic acids is 2. The standard InChI is InChI=1S/C21H25N2O8P.C19H22N3O8P.C14H19N2O8P.C13H16N3O7P.2CH4O.CH4.B.H2/c1-13-11-17(20(25)22-19(13)24)18-10-9-16(30-18)12-29-32(27,23-14(2)21(26)28-3)31-15-7-5-4-6-8-15;1-12-10-22(19(26)20-17(12)23)16-9-8-15(29-16)11-28-31(27,21-13(2)18(24)25)30-14-6-4-3-5-7-14;1-7-5-10(13(18)15-12(7)17)11-4-3-9(24-11)6-23-25(21,22)16-8(2)14(19)20;1-7-5-16(13(19)14-11(7)17)10-4-3-9(22-10)6-21-24(20)15-8(2)12(18)23-24;2*1-2;;;/h4-11,14,16-18H,12H2,1-3H3,(H,23,27)(H,22,24,25);3-10,13,15-16H,11H2,1-2H3,(H,21,27)(H,24,25)(H,20,23,26);3-5,8-11H,6H2,1-2H3,(H,19,20)(H,15,17,18)(H2,16,21,22);3-5,8-10H,6H2,1-2H3,(H,15,20)(H,14,17,19);2*2H,1H3;1H4;;1H/t14?,16-,17?,18+,32?;13?,15-,16+,31?;8?,9-,10?,11+;8?,9-,10+,24?;;;;;/m0000...../s1/i;;;;;;;;1+1. The van der Waals surface area contributed by atoms with E-state index in [-0.39, 0.29) is 55.2 Å². The summed E-state index contributed by atoms with van der Waals surface area (Å²) in [6.07, 6.45) is 13.4. The van der Waals surface area contributed by atoms with E-state index in [1.165, 1.54) is 62.4 Å². The number of methoxy groups -OCH3 is 1. The fourth-order valence-corrected chi connectivity index (χ4v) is 15.9. The van der Waals surface area contributed by atoms with Crippen LogP contribution in [0.25, 0.3) is 0 Å². The number of aromatic amines is 2. The van der Waals surface area contributed by atoms with E-state index in [2.05, 4.69) is 45.1 Å². The van der Waals surface area contributed by atoms with Crippen molar-refractivity contribution in [3.63, 3.8) is 0 Å². The normalized spacial score (nSPS) is 25.3. The first kappa shape index (κ1) is 101. The average Bonchev–Trinajstić information content (AvgIpc) is 1.71. The Morgan fingerprint density at radius 2 is 0.932 bits per heavy atom. The van der Waals surface area contributed by atoms with Crippen molar-refractivity contribution >= 4 is 86.9 Å². The molecule has 7 aliphatic rings. The van der Waals surface area contributed by atoms with Gasteiger partial charge in [0.2, 0.25) is 11.8 Å². The molecular formula is C70H96BN10O33P4. The van der Waals surface area contributed by atoms with Crippen LogP contribution in [0.15, 0.2) is 164 Å². The number of aliphatic hydroxyl groups excluding tert-OH is 2. The summed E-state index contributed by atoms with van der Waals surface area (Å²) in [4.78, 5) is 153. The number of hydrogen-bond acceptors (Lipinski definition) is 30. The maximum Gasteiger partial charge on any atom is 0.461 e. The third kappa shape index (κ3) is 29.7. The van der Waals surface area contributed by atoms with Crippen molar-refractivity contribution < 1.29 is 139 Å². The Morgan fingerprint density at radius 3 is 1.32 bits per heavy atom. The van der Waals surface area contributed by atoms with Crippen molar-refractivity contribution in [3.05, 3.63) is 198 Å². The van der Waals surface area contributed by atoms with E-state index in [4.69, 9.17) is 66.5 Å². The number of aliphatic hydroxyl groups is 2. The molecule has 2 aromatic heterocycles. The molecule has 10 unspecified atom stereocenters. The summed E-state index contributed by atoms with van der Waals surface area (Å²) in [7, 11) is -12.9. The number of hydrogen-bond donors (Lipinski definition) is 13. The Labute approximate surface area is 677 Å². The molecule has 2 aromatic carbocycles. The smallest absolute Gasteiger partial charge is 0.461 e. The van der Waals surface area contributed by atoms with Crippen molar-refractivity contribution in [2.75, 3.05) is 47.8 Å². The predicted molar refractivity (Wildman–Crippen MR) is 420 cm³/mol. The fraction of sp³-hybridized carbons (Fsp3) is 0.429. The quantitative estimate of drug-likeness (QED) is 0.0122. The van der Waals surface area contributed by atoms with Crippen molar-refractivity contribution in [1.29, 1.82) is 0 Å². The molecule has 3 radical (unpaired) electrons. The van der Waals surface area contributed by atoms with Crippen LogP contribution < -0.4 is 62.5 Å². The van der Waals surface area contributed by atoms with Crippen LogP contribution >= 0.6 is 31.0 Å². The molecule has 48 heteroatoms. The zero-order chi connectivity index (χ0) is 86.2. The van der Waals surface area contributed by atoms with Gasteiger partial charge in [0.15, 0.2) is 12.5 Å². The molecule has 0 spiro atoms. The summed E-state index contributed by atoms with van der Waals surface area (Å²) < 4.78 is 117. The minimum atomic E-state index is -4.32. The summed E-state index contributed by atoms with van der Waals surface area (Å²) in [5, 5.41) is 45.7. The lowest BCUT2D eigenvalue weighted by atomic mass is 9.95. The molecule has 0 bridgehead atoms. The van der Waals surface area contributed by atoms with Crippen molar-refractivity contribution in [2.45, 2.75) is 136 Å². The van der Waals surface area contributed by atoms with Gasteiger partial charge in [-0.1, -0.05) is 92.4 Å². The minimum Gasteiger partial charge on any atom is -0.480 e. The topological polar surface area (TPSA) is 599 Å². The van der Waals surface area contributed by atoms with Crippen LogP contribution in [0.3, 0.4) is 0 Å². The monoisotopic (exact) mass is 1740 g/mol. The number of amides is 4. The highest BCUT2D eigenvalue weighted by Crippen LogP contribution is 2.50. The highest BCUT2D eigenvalue weighted by atomic mass is 31.2. The van der Waals surface area contributed by atoms with Crippen LogP contribution in [0.2, 0.25) is 0 Å². The Kier molecular flexibility index (Phi) is 39.3. The van der Waals surface area contributed by atoms with Crippen LogP contribution in [-0.2, 0) is 103 Å². The maximum atomic E-state index is 13.3. The molecule has 4 aromatic rings. The molecular weight excluding hydrogens is 1640 g/mol. The Balaban J connectivity index is 0.000000403. The molecule has 0 saturated carbocycles. The van der Waals surface area contributed by atoms with Crippen LogP contribution in [0, 0.1) is 25.7 Å². The Bertz CT molecular complexity index is 4850. The number of carbonyl (C=O) groups excluding carboxylic acids is 6. The number of aromatic nitrogens is 4. The zero-order valence-electron chi connectivity index (χ0n) is 64.5. The molecule has 13 N–H and O–H groups in total. The van der Waals surface area contributed by atoms with Gasteiger partial charge in [-0.2, -0.15) is 15.3 Å². The average molecular weight is 1740 g/mol. The van der Waals surface area contributed by atoms with Crippen molar-refractivity contribution in [1.82, 2.24) is 50.1 Å². The van der Waals surface area contributed by atoms with Crippen LogP contribution in [-0.4, -0.2) is 209 Å². The molecule has 1 fully saturated rings. The largest absolute Gasteiger partial charge is 0.480 e. The molecule has 1 saturated heterocycles. The second-order valence-corrected chi connectivity index (χ2v) is 31.9. The van der Waals surface area contributed by atoms with Gasteiger partial charge in [-0.05, 0) is 91.8 Å². The summed E-state index contributed by atoms with van der Waals surface area (Å²) in [6, 6.07) is 12.4. The molecule has 0 aliphatic carbocycles. The van der Waals surface area contributed by atoms with Gasteiger partial charge in [0.1, 0.15) is 60.1 Å². The molecule has 18 atom stereocenters. The van der Waals surface area contributed by atoms with Gasteiger partial charge < -0.3 is 62.6 Å². The van der Waals surface area contributed by atoms with Crippen LogP contribution in [0.4, 0.5) is 0 Å². The first-order chi connectivity index (χ1) is 54.7. The molecule has 9 heterocycles. The number of para-hydroxylation sites is 2. The van der Waals surface area contributed by atoms with Gasteiger partial charge in [-0.25, -0.2) is 37.7 Å². The summed E-state index contributed by atoms with van der Waals surface area (Å²) >= 11 is 0. The Morgan fingerprint density at radius 1 is 0.559 bits per heavy atom. The number of esters is 1. The zero-order valence-corrected chi connectivity index (χ0v) is 68.1. The molecule has 11 rings (SSSR count).